The van der Waals surface area contributed by atoms with Crippen LogP contribution < -0.4 is 4.90 Å². The maximum atomic E-state index is 6.66. The molecule has 11 aromatic rings. The predicted octanol–water partition coefficient (Wildman–Crippen LogP) is 16.1. The van der Waals surface area contributed by atoms with Crippen LogP contribution >= 0.6 is 0 Å². The van der Waals surface area contributed by atoms with Gasteiger partial charge < -0.3 is 9.32 Å². The van der Waals surface area contributed by atoms with Gasteiger partial charge >= 0.3 is 0 Å². The van der Waals surface area contributed by atoms with Crippen molar-refractivity contribution >= 4 is 60.5 Å². The molecule has 2 heteroatoms. The Morgan fingerprint density at radius 2 is 1.00 bits per heavy atom. The molecule has 1 aliphatic rings. The number of nitrogens with zero attached hydrogens (tertiary/aromatic N) is 1. The lowest BCUT2D eigenvalue weighted by molar-refractivity contribution is 0.660. The average Bonchev–Trinajstić information content (AvgIpc) is 3.79. The smallest absolute Gasteiger partial charge is 0.136 e. The maximum Gasteiger partial charge on any atom is 0.136 e. The second-order valence-corrected chi connectivity index (χ2v) is 16.4. The monoisotopic (exact) mass is 753 g/mol. The molecule has 0 spiro atoms. The Morgan fingerprint density at radius 1 is 0.373 bits per heavy atom. The molecule has 0 unspecified atom stereocenters. The Balaban J connectivity index is 1.14. The van der Waals surface area contributed by atoms with E-state index in [9.17, 15) is 0 Å². The quantitative estimate of drug-likeness (QED) is 0.157. The van der Waals surface area contributed by atoms with E-state index in [0.717, 1.165) is 33.6 Å². The Hall–Kier alpha value is -7.42. The normalized spacial score (nSPS) is 13.1. The minimum atomic E-state index is -0.209. The van der Waals surface area contributed by atoms with Crippen molar-refractivity contribution in [2.24, 2.45) is 0 Å². The van der Waals surface area contributed by atoms with E-state index in [1.165, 1.54) is 82.6 Å². The molecule has 12 rings (SSSR count). The third kappa shape index (κ3) is 5.06. The van der Waals surface area contributed by atoms with Crippen molar-refractivity contribution in [2.75, 3.05) is 4.90 Å². The fraction of sp³-hybridized carbons (Fsp3) is 0.0526. The van der Waals surface area contributed by atoms with Crippen molar-refractivity contribution in [2.45, 2.75) is 19.3 Å². The summed E-state index contributed by atoms with van der Waals surface area (Å²) in [5.41, 5.74) is 17.6. The fourth-order valence-electron chi connectivity index (χ4n) is 10.0. The van der Waals surface area contributed by atoms with Crippen LogP contribution in [0.15, 0.2) is 205 Å². The van der Waals surface area contributed by atoms with Gasteiger partial charge in [0.1, 0.15) is 11.2 Å². The average molecular weight is 754 g/mol. The lowest BCUT2D eigenvalue weighted by Crippen LogP contribution is -2.16. The summed E-state index contributed by atoms with van der Waals surface area (Å²) in [6.07, 6.45) is 0. The third-order valence-corrected chi connectivity index (χ3v) is 12.8. The summed E-state index contributed by atoms with van der Waals surface area (Å²) in [4.78, 5) is 2.48. The van der Waals surface area contributed by atoms with Crippen molar-refractivity contribution in [3.05, 3.63) is 211 Å². The number of anilines is 3. The van der Waals surface area contributed by atoms with Crippen molar-refractivity contribution in [3.63, 3.8) is 0 Å². The second kappa shape index (κ2) is 12.8. The van der Waals surface area contributed by atoms with Crippen LogP contribution in [0.25, 0.3) is 88.0 Å². The Morgan fingerprint density at radius 3 is 1.75 bits per heavy atom. The zero-order valence-corrected chi connectivity index (χ0v) is 32.9. The van der Waals surface area contributed by atoms with Crippen LogP contribution in [0.2, 0.25) is 0 Å². The van der Waals surface area contributed by atoms with Crippen LogP contribution in [0.4, 0.5) is 17.1 Å². The summed E-state index contributed by atoms with van der Waals surface area (Å²) in [6, 6.07) is 73.1. The van der Waals surface area contributed by atoms with Crippen LogP contribution in [0.5, 0.6) is 0 Å². The van der Waals surface area contributed by atoms with E-state index >= 15 is 0 Å². The summed E-state index contributed by atoms with van der Waals surface area (Å²) in [6.45, 7) is 4.76. The molecule has 278 valence electrons. The topological polar surface area (TPSA) is 16.4 Å². The number of rotatable bonds is 6. The Labute approximate surface area is 343 Å². The van der Waals surface area contributed by atoms with Crippen LogP contribution in [-0.4, -0.2) is 0 Å². The molecule has 0 saturated carbocycles. The molecule has 1 aliphatic carbocycles. The van der Waals surface area contributed by atoms with Crippen LogP contribution in [0, 0.1) is 0 Å². The zero-order valence-electron chi connectivity index (χ0n) is 32.9. The second-order valence-electron chi connectivity index (χ2n) is 16.4. The van der Waals surface area contributed by atoms with E-state index in [2.05, 4.69) is 219 Å². The van der Waals surface area contributed by atoms with Gasteiger partial charge in [0.15, 0.2) is 0 Å². The highest BCUT2D eigenvalue weighted by Gasteiger charge is 2.38. The number of fused-ring (bicyclic) bond motifs is 6. The summed E-state index contributed by atoms with van der Waals surface area (Å²) >= 11 is 0. The zero-order chi connectivity index (χ0) is 39.2. The Bertz CT molecular complexity index is 3380. The van der Waals surface area contributed by atoms with E-state index in [-0.39, 0.29) is 5.41 Å². The summed E-state index contributed by atoms with van der Waals surface area (Å²) < 4.78 is 6.66. The first-order valence-electron chi connectivity index (χ1n) is 20.5. The first-order valence-corrected chi connectivity index (χ1v) is 20.5. The van der Waals surface area contributed by atoms with Crippen LogP contribution in [0.3, 0.4) is 0 Å². The number of furan rings is 1. The molecule has 0 N–H and O–H groups in total. The molecule has 0 bridgehead atoms. The van der Waals surface area contributed by atoms with E-state index in [1.807, 2.05) is 0 Å². The van der Waals surface area contributed by atoms with Gasteiger partial charge in [-0.2, -0.15) is 0 Å². The molecule has 0 saturated heterocycles. The molecular weight excluding hydrogens is 715 g/mol. The van der Waals surface area contributed by atoms with Crippen LogP contribution in [0.1, 0.15) is 25.0 Å². The number of hydrogen-bond acceptors (Lipinski definition) is 2. The highest BCUT2D eigenvalue weighted by molar-refractivity contribution is 6.36. The van der Waals surface area contributed by atoms with Gasteiger partial charge in [0.05, 0.1) is 5.69 Å². The highest BCUT2D eigenvalue weighted by atomic mass is 16.3. The number of benzene rings is 10. The lowest BCUT2D eigenvalue weighted by Gasteiger charge is -2.29. The molecule has 0 aliphatic heterocycles. The van der Waals surface area contributed by atoms with E-state index in [1.54, 1.807) is 0 Å². The van der Waals surface area contributed by atoms with Crippen LogP contribution in [-0.2, 0) is 5.41 Å². The van der Waals surface area contributed by atoms with E-state index in [0.29, 0.717) is 0 Å². The van der Waals surface area contributed by atoms with Gasteiger partial charge in [0.2, 0.25) is 0 Å². The van der Waals surface area contributed by atoms with Crippen molar-refractivity contribution in [1.29, 1.82) is 0 Å². The van der Waals surface area contributed by atoms with Gasteiger partial charge in [0.25, 0.3) is 0 Å². The molecule has 0 atom stereocenters. The van der Waals surface area contributed by atoms with E-state index < -0.39 is 0 Å². The number of hydrogen-bond donors (Lipinski definition) is 0. The summed E-state index contributed by atoms with van der Waals surface area (Å²) in [7, 11) is 0. The summed E-state index contributed by atoms with van der Waals surface area (Å²) in [5.74, 6) is 0. The van der Waals surface area contributed by atoms with Crippen molar-refractivity contribution in [1.82, 2.24) is 0 Å². The first-order chi connectivity index (χ1) is 29.0. The van der Waals surface area contributed by atoms with Gasteiger partial charge in [-0.3, -0.25) is 0 Å². The van der Waals surface area contributed by atoms with Gasteiger partial charge in [-0.1, -0.05) is 166 Å². The third-order valence-electron chi connectivity index (χ3n) is 12.8. The first kappa shape index (κ1) is 33.7. The van der Waals surface area contributed by atoms with E-state index in [4.69, 9.17) is 4.42 Å². The molecule has 1 heterocycles. The molecule has 0 radical (unpaired) electrons. The molecule has 59 heavy (non-hydrogen) atoms. The van der Waals surface area contributed by atoms with Gasteiger partial charge in [-0.25, -0.2) is 0 Å². The Kier molecular flexibility index (Phi) is 7.31. The van der Waals surface area contributed by atoms with Gasteiger partial charge in [-0.05, 0) is 120 Å². The molecule has 10 aromatic carbocycles. The van der Waals surface area contributed by atoms with Crippen molar-refractivity contribution in [3.8, 4) is 44.5 Å². The minimum absolute atomic E-state index is 0.209. The minimum Gasteiger partial charge on any atom is -0.456 e. The molecular formula is C57H39NO. The largest absolute Gasteiger partial charge is 0.456 e. The lowest BCUT2D eigenvalue weighted by atomic mass is 9.81. The predicted molar refractivity (Wildman–Crippen MR) is 248 cm³/mol. The van der Waals surface area contributed by atoms with Gasteiger partial charge in [0, 0.05) is 32.9 Å². The summed E-state index contributed by atoms with van der Waals surface area (Å²) in [5, 5.41) is 7.17. The molecule has 0 fully saturated rings. The van der Waals surface area contributed by atoms with Gasteiger partial charge in [-0.15, -0.1) is 0 Å². The fourth-order valence-corrected chi connectivity index (χ4v) is 10.0. The molecule has 1 aromatic heterocycles. The SMILES string of the molecule is CC1(C)c2cc(N(c3ccc(-c4ccccc4)cc3)c3ccc4oc5cccc6c7ccc(-c8ccccc8)cc7c3c4c56)ccc2-c2c(-c3ccccc3)cccc21. The standard InChI is InChI=1S/C57H39NO/c1-57(2)48-22-12-20-43(39-18-10-5-11-19-39)53(48)46-31-29-42(35-49(46)57)58(41-27-24-38(25-28-41)36-14-6-3-7-15-36)50-32-33-52-56-54(50)47-34-40(37-16-8-4-9-17-37)26-30-44(47)45-21-13-23-51(59-52)55(45)56/h3-35H,1-2H3. The molecule has 2 nitrogen and oxygen atoms in total. The molecule has 0 amide bonds. The maximum absolute atomic E-state index is 6.66. The highest BCUT2D eigenvalue weighted by Crippen LogP contribution is 2.55. The van der Waals surface area contributed by atoms with Crippen molar-refractivity contribution < 1.29 is 4.42 Å².